The van der Waals surface area contributed by atoms with Gasteiger partial charge in [0, 0.05) is 37.3 Å². The van der Waals surface area contributed by atoms with E-state index in [1.54, 1.807) is 54.3 Å². The molecular formula is C29H36N4O6S. The molecule has 0 aromatic heterocycles. The Hall–Kier alpha value is -3.57. The number of carboxylic acid groups (broad SMARTS) is 1. The van der Waals surface area contributed by atoms with E-state index in [9.17, 15) is 27.9 Å². The average Bonchev–Trinajstić information content (AvgIpc) is 3.56. The maximum atomic E-state index is 13.1. The number of carbonyl (C=O) groups is 3. The van der Waals surface area contributed by atoms with Crippen molar-refractivity contribution in [1.82, 2.24) is 9.62 Å². The quantitative estimate of drug-likeness (QED) is 0.335. The van der Waals surface area contributed by atoms with Crippen molar-refractivity contribution < 1.29 is 27.9 Å². The standard InChI is InChI=1S/C29H36N4O6S/c1-20(30)7-5-8-22-18-27(34)32(19-22)23-14-12-21(13-15-23)17-25(29(36)37)31-28(35)26-11-6-16-33(26)40(38,39)24-9-3-2-4-10-24/h2-4,9-10,12-15,22,25-26,30H,5-8,11,16-19H2,1H3,(H,31,35)(H,36,37)/t22?,25?,26-/m0/s1. The van der Waals surface area contributed by atoms with Gasteiger partial charge < -0.3 is 20.7 Å². The number of sulfonamides is 1. The molecule has 0 aliphatic carbocycles. The SMILES string of the molecule is CC(=N)CCCC1CC(=O)N(c2ccc(CC(NC(=O)[C@@H]3CCCN3S(=O)(=O)c3ccccc3)C(=O)O)cc2)C1. The zero-order valence-corrected chi connectivity index (χ0v) is 23.4. The van der Waals surface area contributed by atoms with Crippen LogP contribution >= 0.6 is 0 Å². The number of carbonyl (C=O) groups excluding carboxylic acids is 2. The van der Waals surface area contributed by atoms with Crippen molar-refractivity contribution in [1.29, 1.82) is 5.41 Å². The highest BCUT2D eigenvalue weighted by Gasteiger charge is 2.40. The van der Waals surface area contributed by atoms with Gasteiger partial charge in [-0.3, -0.25) is 9.59 Å². The predicted octanol–water partition coefficient (Wildman–Crippen LogP) is 3.21. The van der Waals surface area contributed by atoms with Gasteiger partial charge in [-0.05, 0) is 74.8 Å². The maximum Gasteiger partial charge on any atom is 0.326 e. The number of anilines is 1. The van der Waals surface area contributed by atoms with Crippen molar-refractivity contribution in [3.8, 4) is 0 Å². The molecule has 2 aliphatic heterocycles. The molecule has 3 atom stereocenters. The van der Waals surface area contributed by atoms with E-state index in [1.165, 1.54) is 12.1 Å². The van der Waals surface area contributed by atoms with Crippen LogP contribution in [0.15, 0.2) is 59.5 Å². The van der Waals surface area contributed by atoms with E-state index in [2.05, 4.69) is 5.32 Å². The van der Waals surface area contributed by atoms with Gasteiger partial charge >= 0.3 is 5.97 Å². The highest BCUT2D eigenvalue weighted by atomic mass is 32.2. The number of aliphatic carboxylic acids is 1. The third-order valence-electron chi connectivity index (χ3n) is 7.53. The third kappa shape index (κ3) is 6.95. The van der Waals surface area contributed by atoms with E-state index in [-0.39, 0.29) is 29.7 Å². The summed E-state index contributed by atoms with van der Waals surface area (Å²) in [5.74, 6) is -1.55. The summed E-state index contributed by atoms with van der Waals surface area (Å²) in [6.45, 7) is 2.59. The van der Waals surface area contributed by atoms with Crippen molar-refractivity contribution in [3.05, 3.63) is 60.2 Å². The number of rotatable bonds is 12. The van der Waals surface area contributed by atoms with Crippen molar-refractivity contribution in [2.75, 3.05) is 18.0 Å². The van der Waals surface area contributed by atoms with Gasteiger partial charge in [-0.25, -0.2) is 13.2 Å². The Bertz CT molecular complexity index is 1350. The fourth-order valence-corrected chi connectivity index (χ4v) is 7.09. The number of nitrogens with one attached hydrogen (secondary N) is 2. The molecule has 2 amide bonds. The Morgan fingerprint density at radius 3 is 2.48 bits per heavy atom. The number of carboxylic acids is 1. The Morgan fingerprint density at radius 2 is 1.82 bits per heavy atom. The van der Waals surface area contributed by atoms with Crippen LogP contribution < -0.4 is 10.2 Å². The van der Waals surface area contributed by atoms with Gasteiger partial charge in [0.2, 0.25) is 21.8 Å². The highest BCUT2D eigenvalue weighted by molar-refractivity contribution is 7.89. The molecule has 2 fully saturated rings. The van der Waals surface area contributed by atoms with Gasteiger partial charge in [0.15, 0.2) is 0 Å². The molecule has 40 heavy (non-hydrogen) atoms. The van der Waals surface area contributed by atoms with Crippen LogP contribution in [0.2, 0.25) is 0 Å². The maximum absolute atomic E-state index is 13.1. The molecule has 2 aromatic rings. The molecule has 0 radical (unpaired) electrons. The third-order valence-corrected chi connectivity index (χ3v) is 9.45. The van der Waals surface area contributed by atoms with Gasteiger partial charge in [0.1, 0.15) is 12.1 Å². The van der Waals surface area contributed by atoms with E-state index in [1.807, 2.05) is 0 Å². The average molecular weight is 569 g/mol. The first kappa shape index (κ1) is 29.4. The summed E-state index contributed by atoms with van der Waals surface area (Å²) in [5, 5.41) is 19.9. The van der Waals surface area contributed by atoms with Crippen LogP contribution in [0.4, 0.5) is 5.69 Å². The summed E-state index contributed by atoms with van der Waals surface area (Å²) in [4.78, 5) is 39.5. The van der Waals surface area contributed by atoms with Gasteiger partial charge in [0.05, 0.1) is 4.90 Å². The molecule has 2 aromatic carbocycles. The largest absolute Gasteiger partial charge is 0.480 e. The number of amides is 2. The minimum absolute atomic E-state index is 0.0130. The van der Waals surface area contributed by atoms with E-state index >= 15 is 0 Å². The monoisotopic (exact) mass is 568 g/mol. The van der Waals surface area contributed by atoms with Crippen LogP contribution in [-0.4, -0.2) is 66.5 Å². The summed E-state index contributed by atoms with van der Waals surface area (Å²) in [5.41, 5.74) is 2.05. The molecule has 11 heteroatoms. The molecule has 214 valence electrons. The second kappa shape index (κ2) is 12.7. The number of nitrogens with zero attached hydrogens (tertiary/aromatic N) is 2. The molecule has 3 N–H and O–H groups in total. The fraction of sp³-hybridized carbons (Fsp3) is 0.448. The fourth-order valence-electron chi connectivity index (χ4n) is 5.41. The van der Waals surface area contributed by atoms with Crippen LogP contribution in [0.5, 0.6) is 0 Å². The lowest BCUT2D eigenvalue weighted by atomic mass is 10.0. The lowest BCUT2D eigenvalue weighted by Gasteiger charge is -2.25. The van der Waals surface area contributed by atoms with Crippen molar-refractivity contribution in [3.63, 3.8) is 0 Å². The minimum Gasteiger partial charge on any atom is -0.480 e. The van der Waals surface area contributed by atoms with Gasteiger partial charge in [-0.1, -0.05) is 30.3 Å². The Balaban J connectivity index is 1.38. The normalized spacial score (nSPS) is 20.4. The highest BCUT2D eigenvalue weighted by Crippen LogP contribution is 2.29. The lowest BCUT2D eigenvalue weighted by Crippen LogP contribution is -2.51. The van der Waals surface area contributed by atoms with E-state index in [4.69, 9.17) is 5.41 Å². The molecule has 2 aliphatic rings. The summed E-state index contributed by atoms with van der Waals surface area (Å²) >= 11 is 0. The van der Waals surface area contributed by atoms with Gasteiger partial charge in [0.25, 0.3) is 0 Å². The van der Waals surface area contributed by atoms with Crippen LogP contribution in [0, 0.1) is 11.3 Å². The number of benzene rings is 2. The van der Waals surface area contributed by atoms with Crippen LogP contribution in [0.1, 0.15) is 51.0 Å². The summed E-state index contributed by atoms with van der Waals surface area (Å²) in [6, 6.07) is 12.7. The first-order chi connectivity index (χ1) is 19.1. The second-order valence-electron chi connectivity index (χ2n) is 10.6. The number of hydrogen-bond donors (Lipinski definition) is 3. The smallest absolute Gasteiger partial charge is 0.326 e. The van der Waals surface area contributed by atoms with Crippen LogP contribution in [-0.2, 0) is 30.8 Å². The van der Waals surface area contributed by atoms with Crippen molar-refractivity contribution in [2.24, 2.45) is 5.92 Å². The zero-order chi connectivity index (χ0) is 28.9. The summed E-state index contributed by atoms with van der Waals surface area (Å²) < 4.78 is 27.4. The predicted molar refractivity (Wildman–Crippen MR) is 151 cm³/mol. The molecule has 2 unspecified atom stereocenters. The first-order valence-electron chi connectivity index (χ1n) is 13.6. The first-order valence-corrected chi connectivity index (χ1v) is 15.0. The van der Waals surface area contributed by atoms with E-state index in [0.717, 1.165) is 29.3 Å². The Morgan fingerprint density at radius 1 is 1.12 bits per heavy atom. The molecule has 0 saturated carbocycles. The van der Waals surface area contributed by atoms with Crippen molar-refractivity contribution in [2.45, 2.75) is 68.8 Å². The molecule has 2 heterocycles. The van der Waals surface area contributed by atoms with Crippen molar-refractivity contribution >= 4 is 39.2 Å². The summed E-state index contributed by atoms with van der Waals surface area (Å²) in [6.07, 6.45) is 3.82. The number of hydrogen-bond acceptors (Lipinski definition) is 6. The van der Waals surface area contributed by atoms with Gasteiger partial charge in [-0.15, -0.1) is 0 Å². The van der Waals surface area contributed by atoms with E-state index in [0.29, 0.717) is 37.1 Å². The molecule has 4 rings (SSSR count). The topological polar surface area (TPSA) is 148 Å². The Labute approximate surface area is 234 Å². The van der Waals surface area contributed by atoms with Crippen LogP contribution in [0.3, 0.4) is 0 Å². The minimum atomic E-state index is -3.90. The zero-order valence-electron chi connectivity index (χ0n) is 22.6. The van der Waals surface area contributed by atoms with Gasteiger partial charge in [-0.2, -0.15) is 4.31 Å². The molecule has 2 saturated heterocycles. The Kier molecular flexibility index (Phi) is 9.36. The molecule has 10 nitrogen and oxygen atoms in total. The second-order valence-corrected chi connectivity index (χ2v) is 12.5. The van der Waals surface area contributed by atoms with E-state index < -0.39 is 34.0 Å². The molecule has 0 spiro atoms. The lowest BCUT2D eigenvalue weighted by molar-refractivity contribution is -0.142. The summed E-state index contributed by atoms with van der Waals surface area (Å²) in [7, 11) is -3.90. The molecular weight excluding hydrogens is 532 g/mol. The molecule has 0 bridgehead atoms. The van der Waals surface area contributed by atoms with Crippen LogP contribution in [0.25, 0.3) is 0 Å².